The van der Waals surface area contributed by atoms with Gasteiger partial charge in [0.25, 0.3) is 0 Å². The largest absolute Gasteiger partial charge is 0.474 e. The lowest BCUT2D eigenvalue weighted by Crippen LogP contribution is -2.38. The quantitative estimate of drug-likeness (QED) is 0.471. The van der Waals surface area contributed by atoms with Gasteiger partial charge >= 0.3 is 11.9 Å². The van der Waals surface area contributed by atoms with Crippen LogP contribution in [0, 0.1) is 0 Å². The van der Waals surface area contributed by atoms with E-state index in [4.69, 9.17) is 5.11 Å². The highest BCUT2D eigenvalue weighted by Crippen LogP contribution is 2.16. The maximum atomic E-state index is 10.8. The van der Waals surface area contributed by atoms with Gasteiger partial charge in [0.15, 0.2) is 0 Å². The van der Waals surface area contributed by atoms with Gasteiger partial charge in [-0.1, -0.05) is 25.7 Å². The number of aliphatic carboxylic acids is 1. The summed E-state index contributed by atoms with van der Waals surface area (Å²) < 4.78 is 0. The van der Waals surface area contributed by atoms with Crippen LogP contribution in [0.5, 0.6) is 0 Å². The minimum Gasteiger partial charge on any atom is -0.474 e. The molecule has 0 atom stereocenters. The van der Waals surface area contributed by atoms with E-state index in [9.17, 15) is 9.59 Å². The van der Waals surface area contributed by atoms with Crippen LogP contribution in [0.1, 0.15) is 38.5 Å². The second-order valence-corrected chi connectivity index (χ2v) is 3.47. The van der Waals surface area contributed by atoms with Crippen molar-refractivity contribution in [2.75, 3.05) is 0 Å². The molecule has 0 aromatic carbocycles. The standard InChI is InChI=1S/C9H15NO3/c11-8(9(12)13)10-7-5-3-1-2-4-6-7/h7H,1-6H2,(H,10,11)(H,12,13). The van der Waals surface area contributed by atoms with E-state index >= 15 is 0 Å². The summed E-state index contributed by atoms with van der Waals surface area (Å²) in [6.07, 6.45) is 6.39. The molecule has 4 heteroatoms. The van der Waals surface area contributed by atoms with Crippen LogP contribution < -0.4 is 5.32 Å². The van der Waals surface area contributed by atoms with Crippen LogP contribution in [-0.2, 0) is 9.59 Å². The second-order valence-electron chi connectivity index (χ2n) is 3.47. The summed E-state index contributed by atoms with van der Waals surface area (Å²) in [5.74, 6) is -2.25. The molecule has 0 bridgehead atoms. The average Bonchev–Trinajstić information content (AvgIpc) is 2.32. The Kier molecular flexibility index (Phi) is 3.73. The molecule has 1 aliphatic rings. The van der Waals surface area contributed by atoms with E-state index in [1.165, 1.54) is 12.8 Å². The van der Waals surface area contributed by atoms with Crippen molar-refractivity contribution in [3.8, 4) is 0 Å². The van der Waals surface area contributed by atoms with E-state index in [-0.39, 0.29) is 6.04 Å². The Hall–Kier alpha value is -1.06. The molecule has 74 valence electrons. The van der Waals surface area contributed by atoms with E-state index in [2.05, 4.69) is 5.32 Å². The highest BCUT2D eigenvalue weighted by Gasteiger charge is 2.18. The van der Waals surface area contributed by atoms with Crippen LogP contribution in [0.2, 0.25) is 0 Å². The van der Waals surface area contributed by atoms with Gasteiger partial charge in [0.1, 0.15) is 0 Å². The lowest BCUT2D eigenvalue weighted by atomic mass is 10.1. The summed E-state index contributed by atoms with van der Waals surface area (Å²) in [4.78, 5) is 21.1. The highest BCUT2D eigenvalue weighted by atomic mass is 16.4. The van der Waals surface area contributed by atoms with Crippen molar-refractivity contribution in [3.05, 3.63) is 0 Å². The summed E-state index contributed by atoms with van der Waals surface area (Å²) in [6.45, 7) is 0. The third-order valence-electron chi connectivity index (χ3n) is 2.38. The lowest BCUT2D eigenvalue weighted by molar-refractivity contribution is -0.150. The first-order chi connectivity index (χ1) is 6.20. The zero-order valence-corrected chi connectivity index (χ0v) is 7.58. The molecule has 0 aromatic heterocycles. The number of rotatable bonds is 1. The molecular weight excluding hydrogens is 170 g/mol. The van der Waals surface area contributed by atoms with E-state index < -0.39 is 11.9 Å². The van der Waals surface area contributed by atoms with Crippen molar-refractivity contribution < 1.29 is 14.7 Å². The SMILES string of the molecule is O=C(O)C(=O)NC1CCCCCC1. The van der Waals surface area contributed by atoms with Crippen molar-refractivity contribution in [3.63, 3.8) is 0 Å². The Morgan fingerprint density at radius 2 is 1.62 bits per heavy atom. The average molecular weight is 185 g/mol. The van der Waals surface area contributed by atoms with E-state index in [0.29, 0.717) is 0 Å². The van der Waals surface area contributed by atoms with Crippen molar-refractivity contribution in [2.24, 2.45) is 0 Å². The Balaban J connectivity index is 2.33. The first kappa shape index (κ1) is 10.0. The Morgan fingerprint density at radius 1 is 1.08 bits per heavy atom. The predicted molar refractivity (Wildman–Crippen MR) is 47.3 cm³/mol. The minimum absolute atomic E-state index is 0.0751. The first-order valence-electron chi connectivity index (χ1n) is 4.74. The number of carbonyl (C=O) groups is 2. The highest BCUT2D eigenvalue weighted by molar-refractivity contribution is 6.31. The zero-order chi connectivity index (χ0) is 9.68. The van der Waals surface area contributed by atoms with Crippen LogP contribution in [0.25, 0.3) is 0 Å². The second kappa shape index (κ2) is 4.84. The maximum absolute atomic E-state index is 10.8. The minimum atomic E-state index is -1.38. The molecule has 0 heterocycles. The fourth-order valence-electron chi connectivity index (χ4n) is 1.67. The predicted octanol–water partition coefficient (Wildman–Crippen LogP) is 0.910. The first-order valence-corrected chi connectivity index (χ1v) is 4.74. The van der Waals surface area contributed by atoms with Gasteiger partial charge in [-0.3, -0.25) is 4.79 Å². The molecular formula is C9H15NO3. The third kappa shape index (κ3) is 3.44. The Bertz CT molecular complexity index is 195. The maximum Gasteiger partial charge on any atom is 0.394 e. The number of nitrogens with one attached hydrogen (secondary N) is 1. The van der Waals surface area contributed by atoms with E-state index in [0.717, 1.165) is 25.7 Å². The molecule has 13 heavy (non-hydrogen) atoms. The van der Waals surface area contributed by atoms with Crippen LogP contribution in [-0.4, -0.2) is 23.0 Å². The van der Waals surface area contributed by atoms with Gasteiger partial charge in [-0.05, 0) is 12.8 Å². The molecule has 2 N–H and O–H groups in total. The number of carbonyl (C=O) groups excluding carboxylic acids is 1. The smallest absolute Gasteiger partial charge is 0.394 e. The topological polar surface area (TPSA) is 66.4 Å². The summed E-state index contributed by atoms with van der Waals surface area (Å²) in [5, 5.41) is 10.9. The molecule has 1 fully saturated rings. The molecule has 0 aromatic rings. The summed E-state index contributed by atoms with van der Waals surface area (Å²) >= 11 is 0. The molecule has 4 nitrogen and oxygen atoms in total. The zero-order valence-electron chi connectivity index (χ0n) is 7.58. The van der Waals surface area contributed by atoms with Crippen LogP contribution >= 0.6 is 0 Å². The molecule has 0 aliphatic heterocycles. The fourth-order valence-corrected chi connectivity index (χ4v) is 1.67. The van der Waals surface area contributed by atoms with Crippen molar-refractivity contribution in [1.82, 2.24) is 5.32 Å². The van der Waals surface area contributed by atoms with E-state index in [1.807, 2.05) is 0 Å². The normalized spacial score (nSPS) is 19.1. The summed E-state index contributed by atoms with van der Waals surface area (Å²) in [7, 11) is 0. The van der Waals surface area contributed by atoms with Crippen LogP contribution in [0.15, 0.2) is 0 Å². The van der Waals surface area contributed by atoms with Crippen LogP contribution in [0.3, 0.4) is 0 Å². The molecule has 0 radical (unpaired) electrons. The van der Waals surface area contributed by atoms with Crippen LogP contribution in [0.4, 0.5) is 0 Å². The molecule has 1 rings (SSSR count). The fraction of sp³-hybridized carbons (Fsp3) is 0.778. The Labute approximate surface area is 77.3 Å². The van der Waals surface area contributed by atoms with E-state index in [1.54, 1.807) is 0 Å². The molecule has 1 saturated carbocycles. The number of hydrogen-bond acceptors (Lipinski definition) is 2. The van der Waals surface area contributed by atoms with Gasteiger partial charge in [-0.15, -0.1) is 0 Å². The molecule has 1 amide bonds. The van der Waals surface area contributed by atoms with Crippen molar-refractivity contribution in [1.29, 1.82) is 0 Å². The van der Waals surface area contributed by atoms with Gasteiger partial charge in [0.2, 0.25) is 0 Å². The Morgan fingerprint density at radius 3 is 2.08 bits per heavy atom. The lowest BCUT2D eigenvalue weighted by Gasteiger charge is -2.13. The van der Waals surface area contributed by atoms with Gasteiger partial charge in [-0.2, -0.15) is 0 Å². The summed E-state index contributed by atoms with van der Waals surface area (Å²) in [5.41, 5.74) is 0. The van der Waals surface area contributed by atoms with Crippen molar-refractivity contribution >= 4 is 11.9 Å². The molecule has 1 aliphatic carbocycles. The number of amides is 1. The van der Waals surface area contributed by atoms with Gasteiger partial charge in [0, 0.05) is 6.04 Å². The molecule has 0 unspecified atom stereocenters. The molecule has 0 saturated heterocycles. The number of carboxylic acid groups (broad SMARTS) is 1. The summed E-state index contributed by atoms with van der Waals surface area (Å²) in [6, 6.07) is 0.0751. The van der Waals surface area contributed by atoms with Gasteiger partial charge in [-0.25, -0.2) is 4.79 Å². The number of carboxylic acids is 1. The molecule has 0 spiro atoms. The third-order valence-corrected chi connectivity index (χ3v) is 2.38. The van der Waals surface area contributed by atoms with Gasteiger partial charge < -0.3 is 10.4 Å². The number of hydrogen-bond donors (Lipinski definition) is 2. The van der Waals surface area contributed by atoms with Gasteiger partial charge in [0.05, 0.1) is 0 Å². The monoisotopic (exact) mass is 185 g/mol. The van der Waals surface area contributed by atoms with Crippen molar-refractivity contribution in [2.45, 2.75) is 44.6 Å².